The number of hydrogen-bond donors (Lipinski definition) is 1. The molecule has 3 heterocycles. The third-order valence-corrected chi connectivity index (χ3v) is 5.08. The maximum absolute atomic E-state index is 13.0. The topological polar surface area (TPSA) is 85.6 Å². The number of alkyl halides is 3. The largest absolute Gasteiger partial charge is 0.445 e. The van der Waals surface area contributed by atoms with E-state index < -0.39 is 17.1 Å². The molecule has 0 bridgehead atoms. The Morgan fingerprint density at radius 3 is 2.38 bits per heavy atom. The van der Waals surface area contributed by atoms with Crippen LogP contribution < -0.4 is 5.32 Å². The Balaban J connectivity index is 2.11. The number of carbonyl (C=O) groups excluding carboxylic acids is 1. The predicted molar refractivity (Wildman–Crippen MR) is 104 cm³/mol. The first kappa shape index (κ1) is 21.2. The number of rotatable bonds is 3. The van der Waals surface area contributed by atoms with E-state index in [0.717, 1.165) is 0 Å². The second-order valence-electron chi connectivity index (χ2n) is 7.98. The molecular weight excluding hydrogens is 405 g/mol. The zero-order chi connectivity index (χ0) is 21.7. The Bertz CT molecular complexity index is 1080. The number of anilines is 1. The number of aromatic nitrogens is 5. The van der Waals surface area contributed by atoms with Crippen LogP contribution >= 0.6 is 11.3 Å². The van der Waals surface area contributed by atoms with E-state index in [0.29, 0.717) is 22.4 Å². The Morgan fingerprint density at radius 2 is 1.86 bits per heavy atom. The first-order valence-electron chi connectivity index (χ1n) is 8.92. The minimum absolute atomic E-state index is 0.0351. The Labute approximate surface area is 169 Å². The van der Waals surface area contributed by atoms with E-state index in [-0.39, 0.29) is 33.5 Å². The van der Waals surface area contributed by atoms with Gasteiger partial charge in [-0.2, -0.15) is 18.3 Å². The second kappa shape index (κ2) is 7.05. The normalized spacial score (nSPS) is 12.8. The van der Waals surface area contributed by atoms with E-state index in [1.165, 1.54) is 0 Å². The molecule has 0 radical (unpaired) electrons. The van der Waals surface area contributed by atoms with Crippen molar-refractivity contribution in [3.63, 3.8) is 0 Å². The standard InChI is InChI=1S/C18H21F3N6OS/c1-8(2)11-7-10(12-9(3)26-27(13(12)22-11)17(4,5)6)14(28)23-16-25-24-15(29-16)18(19,20)21/h7-8H,1-6H3,(H,23,25,28). The van der Waals surface area contributed by atoms with Crippen LogP contribution in [-0.4, -0.2) is 30.9 Å². The lowest BCUT2D eigenvalue weighted by molar-refractivity contribution is -0.138. The number of aryl methyl sites for hydroxylation is 1. The quantitative estimate of drug-likeness (QED) is 0.654. The third-order valence-electron chi connectivity index (χ3n) is 4.19. The summed E-state index contributed by atoms with van der Waals surface area (Å²) < 4.78 is 40.0. The summed E-state index contributed by atoms with van der Waals surface area (Å²) >= 11 is 0.277. The maximum atomic E-state index is 13.0. The minimum atomic E-state index is -4.61. The van der Waals surface area contributed by atoms with E-state index in [1.807, 2.05) is 34.6 Å². The van der Waals surface area contributed by atoms with E-state index in [9.17, 15) is 18.0 Å². The molecule has 11 heteroatoms. The SMILES string of the molecule is Cc1nn(C(C)(C)C)c2nc(C(C)C)cc(C(=O)Nc3nnc(C(F)(F)F)s3)c12. The third kappa shape index (κ3) is 4.09. The molecule has 0 atom stereocenters. The molecule has 3 aromatic rings. The summed E-state index contributed by atoms with van der Waals surface area (Å²) in [5.41, 5.74) is 1.76. The van der Waals surface area contributed by atoms with Crippen LogP contribution in [0.15, 0.2) is 6.07 Å². The van der Waals surface area contributed by atoms with Gasteiger partial charge in [-0.05, 0) is 39.7 Å². The Morgan fingerprint density at radius 1 is 1.21 bits per heavy atom. The predicted octanol–water partition coefficient (Wildman–Crippen LogP) is 4.74. The monoisotopic (exact) mass is 426 g/mol. The van der Waals surface area contributed by atoms with Crippen LogP contribution in [0, 0.1) is 6.92 Å². The number of pyridine rings is 1. The molecule has 0 saturated carbocycles. The average Bonchev–Trinajstić information content (AvgIpc) is 3.18. The molecule has 29 heavy (non-hydrogen) atoms. The molecule has 0 aliphatic heterocycles. The molecule has 0 fully saturated rings. The average molecular weight is 426 g/mol. The van der Waals surface area contributed by atoms with Crippen molar-refractivity contribution >= 4 is 33.4 Å². The lowest BCUT2D eigenvalue weighted by Gasteiger charge is -2.20. The van der Waals surface area contributed by atoms with Gasteiger partial charge >= 0.3 is 6.18 Å². The van der Waals surface area contributed by atoms with E-state index in [4.69, 9.17) is 4.98 Å². The molecule has 156 valence electrons. The van der Waals surface area contributed by atoms with Gasteiger partial charge in [0.15, 0.2) is 5.65 Å². The number of nitrogens with one attached hydrogen (secondary N) is 1. The lowest BCUT2D eigenvalue weighted by atomic mass is 10.0. The van der Waals surface area contributed by atoms with Crippen molar-refractivity contribution in [2.75, 3.05) is 5.32 Å². The highest BCUT2D eigenvalue weighted by Gasteiger charge is 2.36. The summed E-state index contributed by atoms with van der Waals surface area (Å²) in [6.07, 6.45) is -4.61. The summed E-state index contributed by atoms with van der Waals surface area (Å²) in [5, 5.41) is 12.7. The number of hydrogen-bond acceptors (Lipinski definition) is 6. The first-order chi connectivity index (χ1) is 13.3. The van der Waals surface area contributed by atoms with Crippen molar-refractivity contribution in [3.05, 3.63) is 28.0 Å². The van der Waals surface area contributed by atoms with Gasteiger partial charge in [-0.15, -0.1) is 10.2 Å². The van der Waals surface area contributed by atoms with Gasteiger partial charge in [-0.25, -0.2) is 9.67 Å². The van der Waals surface area contributed by atoms with Gasteiger partial charge in [0.05, 0.1) is 22.2 Å². The molecule has 0 aliphatic rings. The number of carbonyl (C=O) groups is 1. The molecule has 3 rings (SSSR count). The summed E-state index contributed by atoms with van der Waals surface area (Å²) in [7, 11) is 0. The van der Waals surface area contributed by atoms with Crippen LogP contribution in [0.2, 0.25) is 0 Å². The van der Waals surface area contributed by atoms with Crippen molar-refractivity contribution in [1.82, 2.24) is 25.0 Å². The summed E-state index contributed by atoms with van der Waals surface area (Å²) in [6, 6.07) is 1.65. The molecule has 0 saturated heterocycles. The summed E-state index contributed by atoms with van der Waals surface area (Å²) in [6.45, 7) is 11.6. The van der Waals surface area contributed by atoms with Gasteiger partial charge in [-0.1, -0.05) is 25.2 Å². The lowest BCUT2D eigenvalue weighted by Crippen LogP contribution is -2.24. The maximum Gasteiger partial charge on any atom is 0.445 e. The molecule has 0 unspecified atom stereocenters. The van der Waals surface area contributed by atoms with Gasteiger partial charge in [0.2, 0.25) is 10.1 Å². The molecule has 0 spiro atoms. The number of fused-ring (bicyclic) bond motifs is 1. The zero-order valence-corrected chi connectivity index (χ0v) is 17.7. The highest BCUT2D eigenvalue weighted by atomic mass is 32.1. The van der Waals surface area contributed by atoms with Crippen molar-refractivity contribution in [3.8, 4) is 0 Å². The van der Waals surface area contributed by atoms with Gasteiger partial charge in [-0.3, -0.25) is 10.1 Å². The molecule has 1 N–H and O–H groups in total. The summed E-state index contributed by atoms with van der Waals surface area (Å²) in [4.78, 5) is 17.6. The van der Waals surface area contributed by atoms with Gasteiger partial charge < -0.3 is 0 Å². The molecule has 0 aromatic carbocycles. The van der Waals surface area contributed by atoms with Crippen LogP contribution in [-0.2, 0) is 11.7 Å². The van der Waals surface area contributed by atoms with E-state index >= 15 is 0 Å². The van der Waals surface area contributed by atoms with Gasteiger partial charge in [0.1, 0.15) is 0 Å². The fourth-order valence-electron chi connectivity index (χ4n) is 2.80. The van der Waals surface area contributed by atoms with Gasteiger partial charge in [0, 0.05) is 5.69 Å². The van der Waals surface area contributed by atoms with Crippen molar-refractivity contribution in [2.24, 2.45) is 0 Å². The molecule has 7 nitrogen and oxygen atoms in total. The van der Waals surface area contributed by atoms with Crippen LogP contribution in [0.4, 0.5) is 18.3 Å². The summed E-state index contributed by atoms with van der Waals surface area (Å²) in [5.74, 6) is -0.548. The highest BCUT2D eigenvalue weighted by Crippen LogP contribution is 2.34. The van der Waals surface area contributed by atoms with Crippen molar-refractivity contribution in [2.45, 2.75) is 59.2 Å². The minimum Gasteiger partial charge on any atom is -0.296 e. The molecule has 0 aliphatic carbocycles. The highest BCUT2D eigenvalue weighted by molar-refractivity contribution is 7.15. The number of halogens is 3. The zero-order valence-electron chi connectivity index (χ0n) is 16.8. The van der Waals surface area contributed by atoms with Crippen LogP contribution in [0.3, 0.4) is 0 Å². The molecular formula is C18H21F3N6OS. The number of amides is 1. The van der Waals surface area contributed by atoms with Crippen molar-refractivity contribution in [1.29, 1.82) is 0 Å². The smallest absolute Gasteiger partial charge is 0.296 e. The van der Waals surface area contributed by atoms with Crippen LogP contribution in [0.25, 0.3) is 11.0 Å². The molecule has 1 amide bonds. The van der Waals surface area contributed by atoms with E-state index in [1.54, 1.807) is 17.7 Å². The van der Waals surface area contributed by atoms with Crippen LogP contribution in [0.5, 0.6) is 0 Å². The fourth-order valence-corrected chi connectivity index (χ4v) is 3.41. The number of nitrogens with zero attached hydrogens (tertiary/aromatic N) is 5. The van der Waals surface area contributed by atoms with Crippen molar-refractivity contribution < 1.29 is 18.0 Å². The van der Waals surface area contributed by atoms with Crippen LogP contribution in [0.1, 0.15) is 67.3 Å². The Kier molecular flexibility index (Phi) is 5.14. The first-order valence-corrected chi connectivity index (χ1v) is 9.73. The fraction of sp³-hybridized carbons (Fsp3) is 0.500. The Hall–Kier alpha value is -2.56. The van der Waals surface area contributed by atoms with Gasteiger partial charge in [0.25, 0.3) is 5.91 Å². The molecule has 3 aromatic heterocycles. The second-order valence-corrected chi connectivity index (χ2v) is 8.96. The van der Waals surface area contributed by atoms with E-state index in [2.05, 4.69) is 20.6 Å².